The second-order valence-electron chi connectivity index (χ2n) is 5.17. The minimum atomic E-state index is 0.587. The van der Waals surface area contributed by atoms with E-state index in [0.29, 0.717) is 6.04 Å². The number of aryl methyl sites for hydroxylation is 2. The largest absolute Gasteiger partial charge is 0.329 e. The van der Waals surface area contributed by atoms with Crippen LogP contribution >= 0.6 is 0 Å². The predicted molar refractivity (Wildman–Crippen MR) is 79.1 cm³/mol. The third kappa shape index (κ3) is 2.82. The van der Waals surface area contributed by atoms with Crippen LogP contribution < -0.4 is 5.32 Å². The van der Waals surface area contributed by atoms with Crippen molar-refractivity contribution < 1.29 is 0 Å². The van der Waals surface area contributed by atoms with Crippen LogP contribution in [0.4, 0.5) is 0 Å². The van der Waals surface area contributed by atoms with Gasteiger partial charge in [0.2, 0.25) is 0 Å². The van der Waals surface area contributed by atoms with Gasteiger partial charge in [-0.05, 0) is 31.0 Å². The number of nitrogens with one attached hydrogen (secondary N) is 1. The normalized spacial score (nSPS) is 18.4. The first-order chi connectivity index (χ1) is 9.86. The second kappa shape index (κ2) is 6.05. The van der Waals surface area contributed by atoms with Crippen LogP contribution in [0.1, 0.15) is 25.5 Å². The van der Waals surface area contributed by atoms with Gasteiger partial charge in [-0.15, -0.1) is 0 Å². The zero-order valence-corrected chi connectivity index (χ0v) is 11.9. The molecule has 0 aromatic carbocycles. The molecule has 0 radical (unpaired) electrons. The first-order valence-electron chi connectivity index (χ1n) is 7.27. The van der Waals surface area contributed by atoms with Gasteiger partial charge < -0.3 is 9.88 Å². The Morgan fingerprint density at radius 2 is 2.35 bits per heavy atom. The summed E-state index contributed by atoms with van der Waals surface area (Å²) in [6.45, 7) is 4.97. The first-order valence-corrected chi connectivity index (χ1v) is 7.27. The van der Waals surface area contributed by atoms with Crippen molar-refractivity contribution in [1.82, 2.24) is 24.6 Å². The van der Waals surface area contributed by atoms with Gasteiger partial charge in [-0.25, -0.2) is 4.98 Å². The number of aromatic nitrogens is 4. The molecule has 0 saturated carbocycles. The van der Waals surface area contributed by atoms with Crippen LogP contribution in [0.3, 0.4) is 0 Å². The summed E-state index contributed by atoms with van der Waals surface area (Å²) < 4.78 is 4.18. The highest BCUT2D eigenvalue weighted by molar-refractivity contribution is 5.65. The van der Waals surface area contributed by atoms with Crippen molar-refractivity contribution in [3.05, 3.63) is 42.8 Å². The van der Waals surface area contributed by atoms with Gasteiger partial charge in [0.15, 0.2) is 0 Å². The van der Waals surface area contributed by atoms with E-state index in [1.54, 1.807) is 0 Å². The minimum Gasteiger partial charge on any atom is -0.329 e. The quantitative estimate of drug-likeness (QED) is 0.873. The number of nitrogens with zero attached hydrogens (tertiary/aromatic N) is 4. The van der Waals surface area contributed by atoms with E-state index < -0.39 is 0 Å². The number of hydrogen-bond donors (Lipinski definition) is 1. The second-order valence-corrected chi connectivity index (χ2v) is 5.17. The predicted octanol–water partition coefficient (Wildman–Crippen LogP) is 1.94. The molecule has 0 spiro atoms. The Morgan fingerprint density at radius 3 is 3.15 bits per heavy atom. The molecule has 3 rings (SSSR count). The Balaban J connectivity index is 1.65. The lowest BCUT2D eigenvalue weighted by atomic mass is 10.1. The molecule has 0 bridgehead atoms. The Bertz CT molecular complexity index is 567. The molecular weight excluding hydrogens is 250 g/mol. The lowest BCUT2D eigenvalue weighted by molar-refractivity contribution is 0.528. The van der Waals surface area contributed by atoms with E-state index in [4.69, 9.17) is 0 Å². The average Bonchev–Trinajstić information content (AvgIpc) is 3.18. The summed E-state index contributed by atoms with van der Waals surface area (Å²) in [7, 11) is 0. The van der Waals surface area contributed by atoms with Gasteiger partial charge in [-0.2, -0.15) is 5.10 Å². The molecular formula is C15H21N5. The highest BCUT2D eigenvalue weighted by Gasteiger charge is 2.19. The van der Waals surface area contributed by atoms with Gasteiger partial charge in [-0.1, -0.05) is 13.0 Å². The number of rotatable bonds is 6. The molecule has 2 aromatic rings. The topological polar surface area (TPSA) is 47.7 Å². The molecule has 20 heavy (non-hydrogen) atoms. The summed E-state index contributed by atoms with van der Waals surface area (Å²) in [6, 6.07) is 2.54. The van der Waals surface area contributed by atoms with Crippen molar-refractivity contribution in [2.24, 2.45) is 0 Å². The molecule has 5 nitrogen and oxygen atoms in total. The van der Waals surface area contributed by atoms with Crippen LogP contribution in [0.2, 0.25) is 0 Å². The zero-order valence-electron chi connectivity index (χ0n) is 11.9. The molecule has 0 saturated heterocycles. The molecule has 0 fully saturated rings. The van der Waals surface area contributed by atoms with E-state index in [1.807, 2.05) is 35.7 Å². The van der Waals surface area contributed by atoms with E-state index in [2.05, 4.69) is 33.0 Å². The molecule has 2 heterocycles. The Morgan fingerprint density at radius 1 is 1.40 bits per heavy atom. The van der Waals surface area contributed by atoms with Crippen LogP contribution in [-0.4, -0.2) is 31.9 Å². The maximum Gasteiger partial charge on any atom is 0.0951 e. The van der Waals surface area contributed by atoms with Crippen LogP contribution in [0, 0.1) is 0 Å². The highest BCUT2D eigenvalue weighted by Crippen LogP contribution is 2.27. The summed E-state index contributed by atoms with van der Waals surface area (Å²) in [5.74, 6) is 0. The molecule has 1 N–H and O–H groups in total. The third-order valence-corrected chi connectivity index (χ3v) is 3.78. The maximum atomic E-state index is 4.31. The monoisotopic (exact) mass is 271 g/mol. The summed E-state index contributed by atoms with van der Waals surface area (Å²) in [5, 5.41) is 7.75. The molecule has 0 amide bonds. The van der Waals surface area contributed by atoms with Crippen molar-refractivity contribution in [2.75, 3.05) is 6.54 Å². The van der Waals surface area contributed by atoms with Crippen molar-refractivity contribution in [3.8, 4) is 0 Å². The number of imidazole rings is 1. The van der Waals surface area contributed by atoms with E-state index in [9.17, 15) is 0 Å². The summed E-state index contributed by atoms with van der Waals surface area (Å²) >= 11 is 0. The first kappa shape index (κ1) is 13.1. The standard InChI is InChI=1S/C15H21N5/c1-2-17-14-5-4-13(10-14)15-11-16-12-19(15)8-9-20-7-3-6-18-20/h3-4,6-7,11-12,14,17H,2,5,8-10H2,1H3. The lowest BCUT2D eigenvalue weighted by Gasteiger charge is -2.12. The van der Waals surface area contributed by atoms with Crippen molar-refractivity contribution >= 4 is 5.57 Å². The minimum absolute atomic E-state index is 0.587. The van der Waals surface area contributed by atoms with E-state index in [0.717, 1.165) is 32.5 Å². The van der Waals surface area contributed by atoms with Crippen LogP contribution in [0.15, 0.2) is 37.1 Å². The number of hydrogen-bond acceptors (Lipinski definition) is 3. The molecule has 1 aliphatic rings. The fourth-order valence-corrected chi connectivity index (χ4v) is 2.78. The van der Waals surface area contributed by atoms with Gasteiger partial charge >= 0.3 is 0 Å². The summed E-state index contributed by atoms with van der Waals surface area (Å²) in [4.78, 5) is 4.31. The highest BCUT2D eigenvalue weighted by atomic mass is 15.3. The van der Waals surface area contributed by atoms with Crippen LogP contribution in [-0.2, 0) is 13.1 Å². The fourth-order valence-electron chi connectivity index (χ4n) is 2.78. The summed E-state index contributed by atoms with van der Waals surface area (Å²) in [6.07, 6.45) is 12.3. The summed E-state index contributed by atoms with van der Waals surface area (Å²) in [5.41, 5.74) is 2.66. The van der Waals surface area contributed by atoms with Gasteiger partial charge in [0, 0.05) is 25.0 Å². The van der Waals surface area contributed by atoms with Crippen LogP contribution in [0.5, 0.6) is 0 Å². The molecule has 1 aliphatic carbocycles. The Hall–Kier alpha value is -1.88. The van der Waals surface area contributed by atoms with Crippen molar-refractivity contribution in [2.45, 2.75) is 38.9 Å². The fraction of sp³-hybridized carbons (Fsp3) is 0.467. The lowest BCUT2D eigenvalue weighted by Crippen LogP contribution is -2.26. The van der Waals surface area contributed by atoms with Crippen molar-refractivity contribution in [1.29, 1.82) is 0 Å². The molecule has 0 aliphatic heterocycles. The van der Waals surface area contributed by atoms with E-state index >= 15 is 0 Å². The SMILES string of the molecule is CCNC1CC=C(c2cncn2CCn2cccn2)C1. The smallest absolute Gasteiger partial charge is 0.0951 e. The average molecular weight is 271 g/mol. The van der Waals surface area contributed by atoms with Gasteiger partial charge in [0.25, 0.3) is 0 Å². The molecule has 2 aromatic heterocycles. The van der Waals surface area contributed by atoms with Gasteiger partial charge in [0.1, 0.15) is 0 Å². The van der Waals surface area contributed by atoms with Crippen LogP contribution in [0.25, 0.3) is 5.57 Å². The Kier molecular flexibility index (Phi) is 3.97. The molecule has 1 unspecified atom stereocenters. The Labute approximate surface area is 119 Å². The zero-order chi connectivity index (χ0) is 13.8. The molecule has 1 atom stereocenters. The molecule has 106 valence electrons. The van der Waals surface area contributed by atoms with E-state index in [1.165, 1.54) is 11.3 Å². The van der Waals surface area contributed by atoms with Gasteiger partial charge in [-0.3, -0.25) is 4.68 Å². The maximum absolute atomic E-state index is 4.31. The van der Waals surface area contributed by atoms with Crippen molar-refractivity contribution in [3.63, 3.8) is 0 Å². The van der Waals surface area contributed by atoms with E-state index in [-0.39, 0.29) is 0 Å². The third-order valence-electron chi connectivity index (χ3n) is 3.78. The molecule has 5 heteroatoms. The van der Waals surface area contributed by atoms with Gasteiger partial charge in [0.05, 0.1) is 24.8 Å².